The van der Waals surface area contributed by atoms with Crippen LogP contribution in [0.4, 0.5) is 4.53 Å². The molecule has 2 atom stereocenters. The fraction of sp³-hybridized carbons (Fsp3) is 0.792. The van der Waals surface area contributed by atoms with Crippen molar-refractivity contribution in [3.63, 3.8) is 0 Å². The van der Waals surface area contributed by atoms with Gasteiger partial charge in [0.05, 0.1) is 6.04 Å². The van der Waals surface area contributed by atoms with Gasteiger partial charge in [-0.1, -0.05) is 60.5 Å². The monoisotopic (exact) mass is 457 g/mol. The molecular weight excluding hydrogens is 413 g/mol. The minimum atomic E-state index is -1.09. The summed E-state index contributed by atoms with van der Waals surface area (Å²) in [7, 11) is 0. The lowest BCUT2D eigenvalue weighted by Crippen LogP contribution is -2.58. The molecule has 2 amide bonds. The zero-order chi connectivity index (χ0) is 24.7. The molecule has 0 aromatic heterocycles. The summed E-state index contributed by atoms with van der Waals surface area (Å²) in [5.41, 5.74) is 0.0564. The standard InChI is InChI=1S/C21H36FN3O4.C3H8/c1-6-16(7-2)25-13-9-8-10-17(25)19(26)24-18(14(3)4)20(27)23-12-11-15(5)21(28)29-22;1-3-2/h11,14,16-18H,6-10,12-13H2,1-5H3,(H,23,27)(H,24,26);3H2,1-2H3/b15-11+;. The molecule has 0 aromatic carbocycles. The van der Waals surface area contributed by atoms with Gasteiger partial charge in [0.2, 0.25) is 11.8 Å². The first-order valence-corrected chi connectivity index (χ1v) is 12.0. The van der Waals surface area contributed by atoms with Gasteiger partial charge in [0.25, 0.3) is 0 Å². The van der Waals surface area contributed by atoms with Crippen LogP contribution in [0.1, 0.15) is 87.0 Å². The van der Waals surface area contributed by atoms with Crippen LogP contribution in [0.15, 0.2) is 11.6 Å². The molecule has 0 saturated carbocycles. The highest BCUT2D eigenvalue weighted by molar-refractivity contribution is 5.90. The predicted octanol–water partition coefficient (Wildman–Crippen LogP) is 4.08. The van der Waals surface area contributed by atoms with Gasteiger partial charge in [-0.3, -0.25) is 14.5 Å². The Morgan fingerprint density at radius 2 is 1.72 bits per heavy atom. The maximum Gasteiger partial charge on any atom is 0.375 e. The number of halogens is 1. The zero-order valence-corrected chi connectivity index (χ0v) is 21.0. The molecule has 2 N–H and O–H groups in total. The lowest BCUT2D eigenvalue weighted by atomic mass is 9.95. The van der Waals surface area contributed by atoms with Gasteiger partial charge in [-0.2, -0.15) is 0 Å². The average molecular weight is 458 g/mol. The molecule has 1 heterocycles. The van der Waals surface area contributed by atoms with E-state index in [0.29, 0.717) is 6.04 Å². The Bertz CT molecular complexity index is 606. The van der Waals surface area contributed by atoms with E-state index >= 15 is 0 Å². The lowest BCUT2D eigenvalue weighted by Gasteiger charge is -2.40. The van der Waals surface area contributed by atoms with Gasteiger partial charge in [0.1, 0.15) is 6.04 Å². The van der Waals surface area contributed by atoms with Crippen molar-refractivity contribution in [3.8, 4) is 0 Å². The summed E-state index contributed by atoms with van der Waals surface area (Å²) in [6.07, 6.45) is 7.48. The number of hydrogen-bond donors (Lipinski definition) is 2. The molecule has 1 fully saturated rings. The Balaban J connectivity index is 0.00000302. The van der Waals surface area contributed by atoms with Crippen LogP contribution < -0.4 is 10.6 Å². The van der Waals surface area contributed by atoms with Crippen molar-refractivity contribution in [2.75, 3.05) is 13.1 Å². The van der Waals surface area contributed by atoms with Crippen LogP contribution in [0, 0.1) is 5.92 Å². The molecule has 1 aliphatic heterocycles. The van der Waals surface area contributed by atoms with Crippen molar-refractivity contribution in [1.82, 2.24) is 15.5 Å². The van der Waals surface area contributed by atoms with Crippen LogP contribution in [-0.4, -0.2) is 53.9 Å². The van der Waals surface area contributed by atoms with Gasteiger partial charge in [0.15, 0.2) is 0 Å². The van der Waals surface area contributed by atoms with E-state index in [-0.39, 0.29) is 35.9 Å². The summed E-state index contributed by atoms with van der Waals surface area (Å²) in [5.74, 6) is -1.65. The minimum Gasteiger partial charge on any atom is -0.351 e. The summed E-state index contributed by atoms with van der Waals surface area (Å²) in [6.45, 7) is 14.6. The molecule has 0 spiro atoms. The smallest absolute Gasteiger partial charge is 0.351 e. The fourth-order valence-corrected chi connectivity index (χ4v) is 3.77. The van der Waals surface area contributed by atoms with Gasteiger partial charge in [-0.15, -0.1) is 0 Å². The summed E-state index contributed by atoms with van der Waals surface area (Å²) >= 11 is 0. The quantitative estimate of drug-likeness (QED) is 0.483. The molecule has 0 aliphatic carbocycles. The van der Waals surface area contributed by atoms with Gasteiger partial charge in [-0.25, -0.2) is 9.74 Å². The van der Waals surface area contributed by atoms with Gasteiger partial charge >= 0.3 is 5.97 Å². The Morgan fingerprint density at radius 3 is 2.22 bits per heavy atom. The van der Waals surface area contributed by atoms with Crippen molar-refractivity contribution < 1.29 is 23.9 Å². The Hall–Kier alpha value is -1.96. The second-order valence-electron chi connectivity index (χ2n) is 8.65. The van der Waals surface area contributed by atoms with E-state index in [1.807, 2.05) is 13.8 Å². The molecular formula is C24H44FN3O4. The van der Waals surface area contributed by atoms with E-state index in [1.54, 1.807) is 0 Å². The first-order chi connectivity index (χ1) is 15.2. The van der Waals surface area contributed by atoms with Crippen LogP contribution in [0.3, 0.4) is 0 Å². The van der Waals surface area contributed by atoms with Crippen molar-refractivity contribution in [2.45, 2.75) is 105 Å². The zero-order valence-electron chi connectivity index (χ0n) is 21.0. The van der Waals surface area contributed by atoms with Gasteiger partial charge in [0, 0.05) is 22.7 Å². The SMILES string of the molecule is CCC.CCC(CC)N1CCCCC1C(=O)NC(C(=O)NC/C=C(\C)C(=O)OF)C(C)C. The van der Waals surface area contributed by atoms with Crippen LogP contribution in [0.25, 0.3) is 0 Å². The van der Waals surface area contributed by atoms with Crippen LogP contribution in [0.2, 0.25) is 0 Å². The molecule has 7 nitrogen and oxygen atoms in total. The summed E-state index contributed by atoms with van der Waals surface area (Å²) in [5, 5.41) is 5.59. The van der Waals surface area contributed by atoms with E-state index in [1.165, 1.54) is 19.4 Å². The number of likely N-dealkylation sites (tertiary alicyclic amines) is 1. The van der Waals surface area contributed by atoms with Gasteiger partial charge < -0.3 is 10.6 Å². The third-order valence-electron chi connectivity index (χ3n) is 5.58. The Labute approximate surface area is 193 Å². The Kier molecular flexibility index (Phi) is 15.6. The van der Waals surface area contributed by atoms with Crippen molar-refractivity contribution >= 4 is 17.8 Å². The number of hydrogen-bond acceptors (Lipinski definition) is 5. The molecule has 1 aliphatic rings. The number of piperidine rings is 1. The first kappa shape index (κ1) is 30.0. The van der Waals surface area contributed by atoms with E-state index in [4.69, 9.17) is 0 Å². The van der Waals surface area contributed by atoms with Crippen LogP contribution in [-0.2, 0) is 19.3 Å². The molecule has 1 rings (SSSR count). The van der Waals surface area contributed by atoms with E-state index in [9.17, 15) is 18.9 Å². The highest BCUT2D eigenvalue weighted by Gasteiger charge is 2.34. The number of rotatable bonds is 10. The van der Waals surface area contributed by atoms with Crippen LogP contribution in [0.5, 0.6) is 0 Å². The highest BCUT2D eigenvalue weighted by atomic mass is 19.3. The molecule has 32 heavy (non-hydrogen) atoms. The Morgan fingerprint density at radius 1 is 1.12 bits per heavy atom. The number of carbonyl (C=O) groups is 3. The van der Waals surface area contributed by atoms with Crippen molar-refractivity contribution in [1.29, 1.82) is 0 Å². The minimum absolute atomic E-state index is 0.0438. The molecule has 0 bridgehead atoms. The molecule has 2 unspecified atom stereocenters. The van der Waals surface area contributed by atoms with Crippen molar-refractivity contribution in [2.24, 2.45) is 5.92 Å². The van der Waals surface area contributed by atoms with Crippen molar-refractivity contribution in [3.05, 3.63) is 11.6 Å². The maximum absolute atomic E-state index is 13.0. The second kappa shape index (κ2) is 16.6. The summed E-state index contributed by atoms with van der Waals surface area (Å²) in [6, 6.07) is -0.542. The largest absolute Gasteiger partial charge is 0.375 e. The third-order valence-corrected chi connectivity index (χ3v) is 5.58. The number of nitrogens with one attached hydrogen (secondary N) is 2. The molecule has 186 valence electrons. The summed E-state index contributed by atoms with van der Waals surface area (Å²) < 4.78 is 11.9. The highest BCUT2D eigenvalue weighted by Crippen LogP contribution is 2.23. The van der Waals surface area contributed by atoms with E-state index < -0.39 is 12.0 Å². The predicted molar refractivity (Wildman–Crippen MR) is 125 cm³/mol. The normalized spacial score (nSPS) is 17.9. The number of carbonyl (C=O) groups excluding carboxylic acids is 3. The van der Waals surface area contributed by atoms with Gasteiger partial charge in [-0.05, 0) is 45.1 Å². The second-order valence-corrected chi connectivity index (χ2v) is 8.65. The van der Waals surface area contributed by atoms with E-state index in [0.717, 1.165) is 38.6 Å². The topological polar surface area (TPSA) is 87.7 Å². The lowest BCUT2D eigenvalue weighted by molar-refractivity contribution is -0.178. The maximum atomic E-state index is 13.0. The van der Waals surface area contributed by atoms with Crippen LogP contribution >= 0.6 is 0 Å². The first-order valence-electron chi connectivity index (χ1n) is 12.0. The molecule has 8 heteroatoms. The fourth-order valence-electron chi connectivity index (χ4n) is 3.77. The van der Waals surface area contributed by atoms with E-state index in [2.05, 4.69) is 48.2 Å². The number of amides is 2. The molecule has 0 radical (unpaired) electrons. The third kappa shape index (κ3) is 10.1. The summed E-state index contributed by atoms with van der Waals surface area (Å²) in [4.78, 5) is 42.1. The molecule has 0 aromatic rings. The molecule has 1 saturated heterocycles. The number of nitrogens with zero attached hydrogens (tertiary/aromatic N) is 1. The average Bonchev–Trinajstić information content (AvgIpc) is 2.77.